The van der Waals surface area contributed by atoms with Crippen molar-refractivity contribution in [3.63, 3.8) is 0 Å². The van der Waals surface area contributed by atoms with E-state index in [1.54, 1.807) is 61.5 Å². The Labute approximate surface area is 220 Å². The van der Waals surface area contributed by atoms with Crippen LogP contribution in [0, 0.1) is 10.1 Å². The number of thioether (sulfide) groups is 1. The number of nitrogens with zero attached hydrogens (tertiary/aromatic N) is 2. The van der Waals surface area contributed by atoms with Gasteiger partial charge in [0.05, 0.1) is 27.1 Å². The van der Waals surface area contributed by atoms with Crippen molar-refractivity contribution in [1.82, 2.24) is 0 Å². The molecule has 0 aromatic heterocycles. The number of hydrogen-bond donors (Lipinski definition) is 0. The van der Waals surface area contributed by atoms with Crippen molar-refractivity contribution in [2.45, 2.75) is 13.5 Å². The van der Waals surface area contributed by atoms with E-state index in [-0.39, 0.29) is 28.0 Å². The molecule has 1 heterocycles. The van der Waals surface area contributed by atoms with Crippen molar-refractivity contribution in [1.29, 1.82) is 0 Å². The van der Waals surface area contributed by atoms with Crippen molar-refractivity contribution >= 4 is 63.6 Å². The molecule has 0 unspecified atom stereocenters. The molecular formula is C25H18Cl2N2O6S. The lowest BCUT2D eigenvalue weighted by Crippen LogP contribution is -2.27. The Morgan fingerprint density at radius 1 is 1.06 bits per heavy atom. The highest BCUT2D eigenvalue weighted by Crippen LogP contribution is 2.40. The van der Waals surface area contributed by atoms with Gasteiger partial charge in [-0.15, -0.1) is 0 Å². The molecule has 0 aliphatic carbocycles. The maximum atomic E-state index is 13.0. The first kappa shape index (κ1) is 25.6. The summed E-state index contributed by atoms with van der Waals surface area (Å²) in [7, 11) is 0. The molecule has 0 radical (unpaired) electrons. The van der Waals surface area contributed by atoms with E-state index in [2.05, 4.69) is 0 Å². The fourth-order valence-electron chi connectivity index (χ4n) is 3.45. The Morgan fingerprint density at radius 3 is 2.56 bits per heavy atom. The lowest BCUT2D eigenvalue weighted by Gasteiger charge is -2.15. The number of carbonyl (C=O) groups is 2. The van der Waals surface area contributed by atoms with E-state index >= 15 is 0 Å². The third-order valence-corrected chi connectivity index (χ3v) is 6.38. The van der Waals surface area contributed by atoms with Crippen molar-refractivity contribution < 1.29 is 24.0 Å². The molecule has 0 atom stereocenters. The molecule has 1 aliphatic heterocycles. The van der Waals surface area contributed by atoms with Gasteiger partial charge < -0.3 is 9.47 Å². The molecule has 1 fully saturated rings. The summed E-state index contributed by atoms with van der Waals surface area (Å²) in [5.74, 6) is 0.109. The third kappa shape index (κ3) is 5.64. The minimum atomic E-state index is -0.481. The molecule has 36 heavy (non-hydrogen) atoms. The Balaban J connectivity index is 1.59. The number of amides is 2. The zero-order chi connectivity index (χ0) is 25.8. The Kier molecular flexibility index (Phi) is 7.83. The number of nitro benzene ring substituents is 1. The average Bonchev–Trinajstić information content (AvgIpc) is 3.11. The first-order valence-corrected chi connectivity index (χ1v) is 12.2. The summed E-state index contributed by atoms with van der Waals surface area (Å²) in [6.07, 6.45) is 1.55. The van der Waals surface area contributed by atoms with E-state index in [0.29, 0.717) is 34.2 Å². The Hall–Kier alpha value is -3.53. The van der Waals surface area contributed by atoms with Gasteiger partial charge in [-0.1, -0.05) is 41.4 Å². The summed E-state index contributed by atoms with van der Waals surface area (Å²) in [6.45, 7) is 2.14. The number of non-ortho nitro benzene ring substituents is 1. The highest BCUT2D eigenvalue weighted by Gasteiger charge is 2.36. The fraction of sp³-hybridized carbons (Fsp3) is 0.120. The van der Waals surface area contributed by atoms with E-state index in [1.165, 1.54) is 12.1 Å². The van der Waals surface area contributed by atoms with Crippen LogP contribution in [0.15, 0.2) is 65.6 Å². The van der Waals surface area contributed by atoms with Crippen molar-refractivity contribution in [3.05, 3.63) is 96.9 Å². The first-order valence-electron chi connectivity index (χ1n) is 10.6. The van der Waals surface area contributed by atoms with E-state index in [9.17, 15) is 19.7 Å². The first-order chi connectivity index (χ1) is 17.3. The van der Waals surface area contributed by atoms with Crippen LogP contribution in [0.3, 0.4) is 0 Å². The molecule has 8 nitrogen and oxygen atoms in total. The summed E-state index contributed by atoms with van der Waals surface area (Å²) in [5.41, 5.74) is 1.45. The molecular weight excluding hydrogens is 527 g/mol. The van der Waals surface area contributed by atoms with Crippen LogP contribution in [0.25, 0.3) is 6.08 Å². The topological polar surface area (TPSA) is 99.0 Å². The Bertz CT molecular complexity index is 1390. The van der Waals surface area contributed by atoms with Gasteiger partial charge in [-0.25, -0.2) is 4.90 Å². The zero-order valence-corrected chi connectivity index (χ0v) is 21.1. The van der Waals surface area contributed by atoms with E-state index in [0.717, 1.165) is 16.7 Å². The summed E-state index contributed by atoms with van der Waals surface area (Å²) < 4.78 is 11.5. The molecule has 3 aromatic rings. The molecule has 184 valence electrons. The van der Waals surface area contributed by atoms with E-state index in [4.69, 9.17) is 32.7 Å². The number of rotatable bonds is 8. The van der Waals surface area contributed by atoms with Crippen LogP contribution in [0.4, 0.5) is 16.2 Å². The normalized spacial score (nSPS) is 14.4. The number of imide groups is 1. The predicted molar refractivity (Wildman–Crippen MR) is 140 cm³/mol. The highest BCUT2D eigenvalue weighted by molar-refractivity contribution is 8.19. The number of benzene rings is 3. The number of nitro groups is 1. The zero-order valence-electron chi connectivity index (χ0n) is 18.8. The lowest BCUT2D eigenvalue weighted by molar-refractivity contribution is -0.384. The van der Waals surface area contributed by atoms with Gasteiger partial charge in [0.15, 0.2) is 11.5 Å². The SMILES string of the molecule is CCOc1cc(/C=C2/SC(=O)N(c3cccc(Cl)c3)C2=O)cc(Cl)c1OCc1cccc([N+](=O)[O-])c1. The van der Waals surface area contributed by atoms with Gasteiger partial charge in [-0.2, -0.15) is 0 Å². The third-order valence-electron chi connectivity index (χ3n) is 4.99. The Morgan fingerprint density at radius 2 is 1.83 bits per heavy atom. The molecule has 0 saturated carbocycles. The maximum absolute atomic E-state index is 13.0. The van der Waals surface area contributed by atoms with Crippen molar-refractivity contribution in [3.8, 4) is 11.5 Å². The number of ether oxygens (including phenoxy) is 2. The number of hydrogen-bond acceptors (Lipinski definition) is 7. The molecule has 0 bridgehead atoms. The van der Waals surface area contributed by atoms with Gasteiger partial charge >= 0.3 is 0 Å². The maximum Gasteiger partial charge on any atom is 0.298 e. The second kappa shape index (κ2) is 11.0. The summed E-state index contributed by atoms with van der Waals surface area (Å²) in [5, 5.41) is 11.2. The molecule has 0 N–H and O–H groups in total. The van der Waals surface area contributed by atoms with Crippen LogP contribution in [0.1, 0.15) is 18.1 Å². The van der Waals surface area contributed by atoms with Crippen LogP contribution < -0.4 is 14.4 Å². The second-order valence-electron chi connectivity index (χ2n) is 7.48. The minimum absolute atomic E-state index is 0.0271. The van der Waals surface area contributed by atoms with Gasteiger partial charge in [0.25, 0.3) is 16.8 Å². The van der Waals surface area contributed by atoms with Gasteiger partial charge in [-0.05, 0) is 66.2 Å². The number of anilines is 1. The van der Waals surface area contributed by atoms with Crippen LogP contribution in [-0.4, -0.2) is 22.7 Å². The second-order valence-corrected chi connectivity index (χ2v) is 9.31. The standard InChI is InChI=1S/C25H18Cl2N2O6S/c1-2-34-21-11-16(10-20(27)23(21)35-14-15-5-3-8-19(9-15)29(32)33)12-22-24(30)28(25(31)36-22)18-7-4-6-17(26)13-18/h3-13H,2,14H2,1H3/b22-12+. The number of halogens is 2. The highest BCUT2D eigenvalue weighted by atomic mass is 35.5. The quantitative estimate of drug-likeness (QED) is 0.169. The predicted octanol–water partition coefficient (Wildman–Crippen LogP) is 7.12. The molecule has 2 amide bonds. The summed E-state index contributed by atoms with van der Waals surface area (Å²) in [4.78, 5) is 37.3. The largest absolute Gasteiger partial charge is 0.490 e. The van der Waals surface area contributed by atoms with Crippen molar-refractivity contribution in [2.75, 3.05) is 11.5 Å². The summed E-state index contributed by atoms with van der Waals surface area (Å²) in [6, 6.07) is 15.8. The fourth-order valence-corrected chi connectivity index (χ4v) is 4.75. The lowest BCUT2D eigenvalue weighted by atomic mass is 10.1. The molecule has 3 aromatic carbocycles. The van der Waals surface area contributed by atoms with Gasteiger partial charge in [0.1, 0.15) is 6.61 Å². The monoisotopic (exact) mass is 544 g/mol. The minimum Gasteiger partial charge on any atom is -0.490 e. The van der Waals surface area contributed by atoms with Crippen LogP contribution in [0.2, 0.25) is 10.0 Å². The molecule has 1 aliphatic rings. The van der Waals surface area contributed by atoms with E-state index < -0.39 is 16.1 Å². The number of carbonyl (C=O) groups excluding carboxylic acids is 2. The van der Waals surface area contributed by atoms with Crippen LogP contribution >= 0.6 is 35.0 Å². The molecule has 4 rings (SSSR count). The van der Waals surface area contributed by atoms with E-state index in [1.807, 2.05) is 0 Å². The van der Waals surface area contributed by atoms with Gasteiger partial charge in [0, 0.05) is 17.2 Å². The molecule has 11 heteroatoms. The van der Waals surface area contributed by atoms with Crippen LogP contribution in [-0.2, 0) is 11.4 Å². The van der Waals surface area contributed by atoms with Crippen LogP contribution in [0.5, 0.6) is 11.5 Å². The van der Waals surface area contributed by atoms with Gasteiger partial charge in [-0.3, -0.25) is 19.7 Å². The average molecular weight is 545 g/mol. The smallest absolute Gasteiger partial charge is 0.298 e. The van der Waals surface area contributed by atoms with Gasteiger partial charge in [0.2, 0.25) is 0 Å². The van der Waals surface area contributed by atoms with Crippen molar-refractivity contribution in [2.24, 2.45) is 0 Å². The molecule has 1 saturated heterocycles. The summed E-state index contributed by atoms with van der Waals surface area (Å²) >= 11 is 13.3. The molecule has 0 spiro atoms.